The minimum absolute atomic E-state index is 0.0907. The minimum Gasteiger partial charge on any atom is -0.381 e. The Hall–Kier alpha value is -1.17. The first-order valence-electron chi connectivity index (χ1n) is 6.30. The van der Waals surface area contributed by atoms with Crippen molar-refractivity contribution in [3.63, 3.8) is 0 Å². The minimum atomic E-state index is -0.376. The van der Waals surface area contributed by atoms with Crippen LogP contribution in [0.25, 0.3) is 0 Å². The number of nitro benzene ring substituents is 1. The van der Waals surface area contributed by atoms with Crippen LogP contribution >= 0.6 is 11.6 Å². The second kappa shape index (κ2) is 6.32. The van der Waals surface area contributed by atoms with Gasteiger partial charge in [0.15, 0.2) is 0 Å². The van der Waals surface area contributed by atoms with Crippen LogP contribution in [0.5, 0.6) is 0 Å². The molecule has 0 amide bonds. The predicted molar refractivity (Wildman–Crippen MR) is 73.6 cm³/mol. The van der Waals surface area contributed by atoms with E-state index in [-0.39, 0.29) is 16.5 Å². The molecule has 6 heteroatoms. The van der Waals surface area contributed by atoms with Crippen molar-refractivity contribution in [2.45, 2.75) is 18.9 Å². The van der Waals surface area contributed by atoms with Crippen molar-refractivity contribution in [2.24, 2.45) is 5.92 Å². The lowest BCUT2D eigenvalue weighted by Gasteiger charge is -2.31. The predicted octanol–water partition coefficient (Wildman–Crippen LogP) is 2.42. The maximum atomic E-state index is 11.1. The lowest BCUT2D eigenvalue weighted by Crippen LogP contribution is -2.42. The Bertz CT molecular complexity index is 467. The maximum absolute atomic E-state index is 11.1. The van der Waals surface area contributed by atoms with E-state index >= 15 is 0 Å². The number of benzene rings is 1. The molecule has 2 unspecified atom stereocenters. The molecule has 2 atom stereocenters. The molecule has 2 rings (SSSR count). The van der Waals surface area contributed by atoms with E-state index in [1.165, 1.54) is 6.07 Å². The van der Waals surface area contributed by atoms with Gasteiger partial charge in [-0.1, -0.05) is 17.7 Å². The quantitative estimate of drug-likeness (QED) is 0.681. The van der Waals surface area contributed by atoms with Gasteiger partial charge in [0, 0.05) is 30.2 Å². The fourth-order valence-corrected chi connectivity index (χ4v) is 2.81. The number of nitrogens with zero attached hydrogens (tertiary/aromatic N) is 1. The third-order valence-electron chi connectivity index (χ3n) is 3.60. The number of nitrogens with one attached hydrogen (secondary N) is 1. The third-order valence-corrected chi connectivity index (χ3v) is 3.96. The average molecular weight is 285 g/mol. The molecule has 1 aromatic carbocycles. The zero-order valence-electron chi connectivity index (χ0n) is 10.8. The molecule has 1 saturated heterocycles. The van der Waals surface area contributed by atoms with Crippen molar-refractivity contribution in [3.05, 3.63) is 38.9 Å². The van der Waals surface area contributed by atoms with Gasteiger partial charge >= 0.3 is 0 Å². The largest absolute Gasteiger partial charge is 0.381 e. The topological polar surface area (TPSA) is 64.4 Å². The van der Waals surface area contributed by atoms with Crippen LogP contribution in [0.1, 0.15) is 12.0 Å². The summed E-state index contributed by atoms with van der Waals surface area (Å²) < 4.78 is 5.47. The molecule has 5 nitrogen and oxygen atoms in total. The van der Waals surface area contributed by atoms with Gasteiger partial charge < -0.3 is 10.1 Å². The van der Waals surface area contributed by atoms with Crippen molar-refractivity contribution in [2.75, 3.05) is 20.3 Å². The summed E-state index contributed by atoms with van der Waals surface area (Å²) in [4.78, 5) is 10.7. The van der Waals surface area contributed by atoms with Crippen molar-refractivity contribution in [1.82, 2.24) is 5.32 Å². The average Bonchev–Trinajstić information content (AvgIpc) is 2.41. The van der Waals surface area contributed by atoms with Crippen molar-refractivity contribution < 1.29 is 9.66 Å². The van der Waals surface area contributed by atoms with E-state index in [0.29, 0.717) is 29.7 Å². The highest BCUT2D eigenvalue weighted by Gasteiger charge is 2.28. The molecule has 0 aliphatic carbocycles. The highest BCUT2D eigenvalue weighted by Crippen LogP contribution is 2.30. The zero-order chi connectivity index (χ0) is 13.8. The van der Waals surface area contributed by atoms with Crippen molar-refractivity contribution >= 4 is 17.3 Å². The van der Waals surface area contributed by atoms with Gasteiger partial charge in [0.1, 0.15) is 0 Å². The summed E-state index contributed by atoms with van der Waals surface area (Å²) >= 11 is 6.12. The van der Waals surface area contributed by atoms with E-state index in [9.17, 15) is 10.1 Å². The molecule has 1 heterocycles. The van der Waals surface area contributed by atoms with Gasteiger partial charge in [-0.3, -0.25) is 10.1 Å². The molecule has 0 spiro atoms. The molecule has 1 N–H and O–H groups in total. The second-order valence-electron chi connectivity index (χ2n) is 4.72. The van der Waals surface area contributed by atoms with E-state index in [4.69, 9.17) is 16.3 Å². The highest BCUT2D eigenvalue weighted by atomic mass is 35.5. The van der Waals surface area contributed by atoms with Crippen LogP contribution in [0.15, 0.2) is 18.2 Å². The Morgan fingerprint density at radius 3 is 3.05 bits per heavy atom. The molecule has 1 aromatic rings. The molecule has 104 valence electrons. The smallest absolute Gasteiger partial charge is 0.274 e. The number of ether oxygens (including phenoxy) is 1. The molecular weight excluding hydrogens is 268 g/mol. The number of halogens is 1. The number of nitro groups is 1. The molecule has 1 fully saturated rings. The molecule has 19 heavy (non-hydrogen) atoms. The van der Waals surface area contributed by atoms with Crippen LogP contribution in [0.2, 0.25) is 5.02 Å². The standard InChI is InChI=1S/C13H17ClN2O3/c1-15-12-5-6-19-8-9(12)7-10-11(14)3-2-4-13(10)16(17)18/h2-4,9,12,15H,5-8H2,1H3. The van der Waals surface area contributed by atoms with Crippen molar-refractivity contribution in [3.8, 4) is 0 Å². The lowest BCUT2D eigenvalue weighted by atomic mass is 9.89. The first-order valence-corrected chi connectivity index (χ1v) is 6.68. The molecular formula is C13H17ClN2O3. The Morgan fingerprint density at radius 1 is 1.58 bits per heavy atom. The van der Waals surface area contributed by atoms with Gasteiger partial charge in [-0.05, 0) is 26.0 Å². The van der Waals surface area contributed by atoms with E-state index in [0.717, 1.165) is 13.0 Å². The first-order chi connectivity index (χ1) is 9.13. The summed E-state index contributed by atoms with van der Waals surface area (Å²) in [5, 5.41) is 14.8. The lowest BCUT2D eigenvalue weighted by molar-refractivity contribution is -0.385. The summed E-state index contributed by atoms with van der Waals surface area (Å²) in [7, 11) is 1.91. The first kappa shape index (κ1) is 14.2. The van der Waals surface area contributed by atoms with Crippen LogP contribution in [-0.4, -0.2) is 31.2 Å². The SMILES string of the molecule is CNC1CCOCC1Cc1c(Cl)cccc1[N+](=O)[O-]. The van der Waals surface area contributed by atoms with Crippen LogP contribution in [-0.2, 0) is 11.2 Å². The maximum Gasteiger partial charge on any atom is 0.274 e. The zero-order valence-corrected chi connectivity index (χ0v) is 11.5. The summed E-state index contributed by atoms with van der Waals surface area (Å²) in [6.07, 6.45) is 1.47. The molecule has 1 aliphatic rings. The van der Waals surface area contributed by atoms with Gasteiger partial charge in [-0.15, -0.1) is 0 Å². The van der Waals surface area contributed by atoms with Gasteiger partial charge in [0.25, 0.3) is 5.69 Å². The summed E-state index contributed by atoms with van der Waals surface area (Å²) in [5.41, 5.74) is 0.692. The van der Waals surface area contributed by atoms with Crippen LogP contribution in [0.3, 0.4) is 0 Å². The number of hydrogen-bond donors (Lipinski definition) is 1. The monoisotopic (exact) mass is 284 g/mol. The van der Waals surface area contributed by atoms with E-state index in [1.807, 2.05) is 7.05 Å². The van der Waals surface area contributed by atoms with Gasteiger partial charge in [0.2, 0.25) is 0 Å². The van der Waals surface area contributed by atoms with Crippen molar-refractivity contribution in [1.29, 1.82) is 0 Å². The Balaban J connectivity index is 2.24. The Morgan fingerprint density at radius 2 is 2.37 bits per heavy atom. The van der Waals surface area contributed by atoms with Crippen LogP contribution in [0, 0.1) is 16.0 Å². The van der Waals surface area contributed by atoms with Gasteiger partial charge in [0.05, 0.1) is 16.6 Å². The van der Waals surface area contributed by atoms with E-state index in [1.54, 1.807) is 12.1 Å². The summed E-state index contributed by atoms with van der Waals surface area (Å²) in [6.45, 7) is 1.33. The highest BCUT2D eigenvalue weighted by molar-refractivity contribution is 6.31. The van der Waals surface area contributed by atoms with Crippen LogP contribution < -0.4 is 5.32 Å². The van der Waals surface area contributed by atoms with Gasteiger partial charge in [-0.2, -0.15) is 0 Å². The van der Waals surface area contributed by atoms with E-state index < -0.39 is 0 Å². The Kier molecular flexibility index (Phi) is 4.74. The third kappa shape index (κ3) is 3.23. The molecule has 0 saturated carbocycles. The van der Waals surface area contributed by atoms with Crippen LogP contribution in [0.4, 0.5) is 5.69 Å². The molecule has 1 aliphatic heterocycles. The molecule has 0 bridgehead atoms. The van der Waals surface area contributed by atoms with Gasteiger partial charge in [-0.25, -0.2) is 0 Å². The van der Waals surface area contributed by atoms with E-state index in [2.05, 4.69) is 5.32 Å². The number of hydrogen-bond acceptors (Lipinski definition) is 4. The second-order valence-corrected chi connectivity index (χ2v) is 5.12. The Labute approximate surface area is 117 Å². The summed E-state index contributed by atoms with van der Waals surface area (Å²) in [5.74, 6) is 0.206. The number of rotatable bonds is 4. The normalized spacial score (nSPS) is 23.3. The molecule has 0 aromatic heterocycles. The summed E-state index contributed by atoms with van der Waals surface area (Å²) in [6, 6.07) is 5.11. The fraction of sp³-hybridized carbons (Fsp3) is 0.538. The fourth-order valence-electron chi connectivity index (χ4n) is 2.56. The molecule has 0 radical (unpaired) electrons.